The van der Waals surface area contributed by atoms with Crippen LogP contribution in [0.2, 0.25) is 0 Å². The van der Waals surface area contributed by atoms with Crippen molar-refractivity contribution in [3.05, 3.63) is 23.9 Å². The van der Waals surface area contributed by atoms with E-state index in [0.29, 0.717) is 11.9 Å². The fraction of sp³-hybridized carbons (Fsp3) is 0.643. The molecule has 0 radical (unpaired) electrons. The molecule has 1 aromatic rings. The molecule has 2 atom stereocenters. The van der Waals surface area contributed by atoms with Gasteiger partial charge in [0.1, 0.15) is 0 Å². The van der Waals surface area contributed by atoms with Crippen LogP contribution in [-0.2, 0) is 6.54 Å². The summed E-state index contributed by atoms with van der Waals surface area (Å²) >= 11 is 0. The molecule has 1 fully saturated rings. The lowest BCUT2D eigenvalue weighted by Crippen LogP contribution is -2.31. The van der Waals surface area contributed by atoms with Gasteiger partial charge in [0.15, 0.2) is 0 Å². The van der Waals surface area contributed by atoms with Gasteiger partial charge in [-0.1, -0.05) is 25.8 Å². The Bertz CT molecular complexity index is 337. The zero-order valence-electron chi connectivity index (χ0n) is 10.8. The van der Waals surface area contributed by atoms with E-state index < -0.39 is 0 Å². The van der Waals surface area contributed by atoms with Crippen LogP contribution in [0.15, 0.2) is 18.3 Å². The zero-order chi connectivity index (χ0) is 12.1. The molecule has 0 aliphatic heterocycles. The highest BCUT2D eigenvalue weighted by Gasteiger charge is 2.24. The Hall–Kier alpha value is -1.09. The third kappa shape index (κ3) is 3.19. The second-order valence-electron chi connectivity index (χ2n) is 4.80. The van der Waals surface area contributed by atoms with Crippen molar-refractivity contribution < 1.29 is 4.74 Å². The maximum atomic E-state index is 5.05. The van der Waals surface area contributed by atoms with Gasteiger partial charge in [0.05, 0.1) is 7.11 Å². The Morgan fingerprint density at radius 3 is 2.94 bits per heavy atom. The van der Waals surface area contributed by atoms with Gasteiger partial charge < -0.3 is 10.1 Å². The van der Waals surface area contributed by atoms with E-state index in [1.54, 1.807) is 7.11 Å². The number of aromatic nitrogens is 1. The van der Waals surface area contributed by atoms with Gasteiger partial charge in [-0.3, -0.25) is 0 Å². The molecule has 1 aliphatic carbocycles. The van der Waals surface area contributed by atoms with E-state index in [9.17, 15) is 0 Å². The molecule has 0 bridgehead atoms. The summed E-state index contributed by atoms with van der Waals surface area (Å²) in [4.78, 5) is 4.22. The molecule has 2 rings (SSSR count). The molecule has 1 aromatic heterocycles. The Morgan fingerprint density at radius 2 is 2.29 bits per heavy atom. The Labute approximate surface area is 104 Å². The van der Waals surface area contributed by atoms with Gasteiger partial charge in [0.25, 0.3) is 0 Å². The molecule has 1 heterocycles. The third-order valence-corrected chi connectivity index (χ3v) is 3.76. The van der Waals surface area contributed by atoms with Crippen molar-refractivity contribution in [1.82, 2.24) is 10.3 Å². The van der Waals surface area contributed by atoms with Crippen LogP contribution in [-0.4, -0.2) is 18.1 Å². The van der Waals surface area contributed by atoms with Gasteiger partial charge in [0.2, 0.25) is 5.88 Å². The Balaban J connectivity index is 1.84. The number of methoxy groups -OCH3 is 1. The third-order valence-electron chi connectivity index (χ3n) is 3.76. The van der Waals surface area contributed by atoms with Crippen LogP contribution in [0.5, 0.6) is 5.88 Å². The van der Waals surface area contributed by atoms with Crippen LogP contribution in [0.1, 0.15) is 38.2 Å². The first kappa shape index (κ1) is 12.4. The molecule has 3 nitrogen and oxygen atoms in total. The maximum Gasteiger partial charge on any atom is 0.212 e. The smallest absolute Gasteiger partial charge is 0.212 e. The normalized spacial score (nSPS) is 23.9. The molecule has 3 heteroatoms. The van der Waals surface area contributed by atoms with E-state index in [1.165, 1.54) is 31.2 Å². The lowest BCUT2D eigenvalue weighted by Gasteiger charge is -2.19. The van der Waals surface area contributed by atoms with Crippen LogP contribution >= 0.6 is 0 Å². The fourth-order valence-corrected chi connectivity index (χ4v) is 2.68. The van der Waals surface area contributed by atoms with Gasteiger partial charge >= 0.3 is 0 Å². The van der Waals surface area contributed by atoms with Crippen molar-refractivity contribution in [1.29, 1.82) is 0 Å². The highest BCUT2D eigenvalue weighted by Crippen LogP contribution is 2.28. The number of hydrogen-bond donors (Lipinski definition) is 1. The lowest BCUT2D eigenvalue weighted by molar-refractivity contribution is 0.387. The summed E-state index contributed by atoms with van der Waals surface area (Å²) in [6, 6.07) is 4.69. The highest BCUT2D eigenvalue weighted by molar-refractivity contribution is 5.17. The zero-order valence-corrected chi connectivity index (χ0v) is 10.8. The van der Waals surface area contributed by atoms with Crippen molar-refractivity contribution in [2.45, 2.75) is 45.2 Å². The largest absolute Gasteiger partial charge is 0.481 e. The second kappa shape index (κ2) is 6.01. The maximum absolute atomic E-state index is 5.05. The fourth-order valence-electron chi connectivity index (χ4n) is 2.68. The standard InChI is InChI=1S/C14H22N2O/c1-3-12-5-4-6-13(12)15-9-11-7-8-14(17-2)16-10-11/h7-8,10,12-13,15H,3-6,9H2,1-2H3. The van der Waals surface area contributed by atoms with Crippen molar-refractivity contribution in [3.63, 3.8) is 0 Å². The van der Waals surface area contributed by atoms with E-state index in [-0.39, 0.29) is 0 Å². The SMILES string of the molecule is CCC1CCCC1NCc1ccc(OC)nc1. The van der Waals surface area contributed by atoms with Crippen LogP contribution in [0.4, 0.5) is 0 Å². The molecule has 0 aromatic carbocycles. The van der Waals surface area contributed by atoms with Gasteiger partial charge in [-0.25, -0.2) is 4.98 Å². The predicted molar refractivity (Wildman–Crippen MR) is 69.0 cm³/mol. The molecule has 94 valence electrons. The van der Waals surface area contributed by atoms with Gasteiger partial charge in [-0.15, -0.1) is 0 Å². The number of nitrogens with zero attached hydrogens (tertiary/aromatic N) is 1. The topological polar surface area (TPSA) is 34.1 Å². The molecule has 1 aliphatic rings. The monoisotopic (exact) mass is 234 g/mol. The van der Waals surface area contributed by atoms with Crippen LogP contribution in [0, 0.1) is 5.92 Å². The van der Waals surface area contributed by atoms with E-state index >= 15 is 0 Å². The minimum atomic E-state index is 0.682. The number of hydrogen-bond acceptors (Lipinski definition) is 3. The summed E-state index contributed by atoms with van der Waals surface area (Å²) < 4.78 is 5.05. The van der Waals surface area contributed by atoms with Crippen LogP contribution < -0.4 is 10.1 Å². The summed E-state index contributed by atoms with van der Waals surface area (Å²) in [5, 5.41) is 3.66. The summed E-state index contributed by atoms with van der Waals surface area (Å²) in [5.41, 5.74) is 1.23. The minimum Gasteiger partial charge on any atom is -0.481 e. The van der Waals surface area contributed by atoms with Gasteiger partial charge in [-0.2, -0.15) is 0 Å². The lowest BCUT2D eigenvalue weighted by atomic mass is 10.0. The quantitative estimate of drug-likeness (QED) is 0.850. The predicted octanol–water partition coefficient (Wildman–Crippen LogP) is 2.76. The number of ether oxygens (including phenoxy) is 1. The van der Waals surface area contributed by atoms with Crippen LogP contribution in [0.3, 0.4) is 0 Å². The Kier molecular flexibility index (Phi) is 4.37. The van der Waals surface area contributed by atoms with Crippen molar-refractivity contribution in [2.24, 2.45) is 5.92 Å². The summed E-state index contributed by atoms with van der Waals surface area (Å²) in [5.74, 6) is 1.54. The minimum absolute atomic E-state index is 0.682. The van der Waals surface area contributed by atoms with E-state index in [4.69, 9.17) is 4.74 Å². The van der Waals surface area contributed by atoms with Gasteiger partial charge in [-0.05, 0) is 24.3 Å². The summed E-state index contributed by atoms with van der Waals surface area (Å²) in [6.45, 7) is 3.21. The number of rotatable bonds is 5. The number of nitrogens with one attached hydrogen (secondary N) is 1. The molecular weight excluding hydrogens is 212 g/mol. The van der Waals surface area contributed by atoms with E-state index in [0.717, 1.165) is 12.5 Å². The summed E-state index contributed by atoms with van der Waals surface area (Å²) in [6.07, 6.45) is 7.26. The van der Waals surface area contributed by atoms with E-state index in [1.807, 2.05) is 12.3 Å². The second-order valence-corrected chi connectivity index (χ2v) is 4.80. The average Bonchev–Trinajstić information content (AvgIpc) is 2.84. The van der Waals surface area contributed by atoms with Crippen molar-refractivity contribution in [3.8, 4) is 5.88 Å². The molecule has 0 spiro atoms. The molecule has 1 N–H and O–H groups in total. The summed E-state index contributed by atoms with van der Waals surface area (Å²) in [7, 11) is 1.64. The van der Waals surface area contributed by atoms with Gasteiger partial charge in [0, 0.05) is 24.8 Å². The number of pyridine rings is 1. The molecule has 17 heavy (non-hydrogen) atoms. The van der Waals surface area contributed by atoms with Crippen molar-refractivity contribution >= 4 is 0 Å². The molecule has 0 saturated heterocycles. The first-order valence-corrected chi connectivity index (χ1v) is 6.55. The molecule has 0 amide bonds. The van der Waals surface area contributed by atoms with Crippen LogP contribution in [0.25, 0.3) is 0 Å². The highest BCUT2D eigenvalue weighted by atomic mass is 16.5. The first-order chi connectivity index (χ1) is 8.33. The van der Waals surface area contributed by atoms with E-state index in [2.05, 4.69) is 23.3 Å². The molecule has 2 unspecified atom stereocenters. The van der Waals surface area contributed by atoms with Crippen molar-refractivity contribution in [2.75, 3.05) is 7.11 Å². The molecular formula is C14H22N2O. The first-order valence-electron chi connectivity index (χ1n) is 6.55. The molecule has 1 saturated carbocycles. The average molecular weight is 234 g/mol. The Morgan fingerprint density at radius 1 is 1.41 bits per heavy atom.